The molecular formula is C20H27N3O2. The molecule has 2 atom stereocenters. The van der Waals surface area contributed by atoms with Gasteiger partial charge >= 0.3 is 0 Å². The van der Waals surface area contributed by atoms with Gasteiger partial charge in [-0.25, -0.2) is 4.98 Å². The first-order valence-corrected chi connectivity index (χ1v) is 9.38. The van der Waals surface area contributed by atoms with Gasteiger partial charge in [-0.1, -0.05) is 13.8 Å². The van der Waals surface area contributed by atoms with Gasteiger partial charge in [0.1, 0.15) is 5.65 Å². The lowest BCUT2D eigenvalue weighted by molar-refractivity contribution is -0.178. The molecule has 2 aliphatic heterocycles. The number of aromatic amines is 1. The Labute approximate surface area is 148 Å². The fourth-order valence-electron chi connectivity index (χ4n) is 4.88. The molecule has 2 aromatic rings. The Morgan fingerprint density at radius 2 is 2.24 bits per heavy atom. The maximum Gasteiger partial charge on any atom is 0.223 e. The Kier molecular flexibility index (Phi) is 3.87. The van der Waals surface area contributed by atoms with E-state index in [1.54, 1.807) is 0 Å². The Bertz CT molecular complexity index is 806. The number of fused-ring (bicyclic) bond motifs is 3. The van der Waals surface area contributed by atoms with Gasteiger partial charge in [0.05, 0.1) is 5.60 Å². The zero-order valence-electron chi connectivity index (χ0n) is 15.2. The summed E-state index contributed by atoms with van der Waals surface area (Å²) in [6.07, 6.45) is 7.46. The van der Waals surface area contributed by atoms with Gasteiger partial charge in [0.2, 0.25) is 5.91 Å². The molecule has 3 aliphatic rings. The first-order chi connectivity index (χ1) is 11.9. The predicted molar refractivity (Wildman–Crippen MR) is 97.4 cm³/mol. The van der Waals surface area contributed by atoms with E-state index in [9.17, 15) is 9.90 Å². The molecule has 2 saturated heterocycles. The number of carbonyl (C=O) groups is 1. The molecule has 5 heteroatoms. The van der Waals surface area contributed by atoms with Crippen molar-refractivity contribution in [2.45, 2.75) is 76.5 Å². The van der Waals surface area contributed by atoms with Crippen molar-refractivity contribution in [3.05, 3.63) is 29.6 Å². The lowest BCUT2D eigenvalue weighted by Gasteiger charge is -2.58. The Balaban J connectivity index is 1.54. The zero-order chi connectivity index (χ0) is 17.8. The summed E-state index contributed by atoms with van der Waals surface area (Å²) < 4.78 is 0. The first-order valence-electron chi connectivity index (χ1n) is 9.38. The molecule has 1 aliphatic carbocycles. The molecule has 1 amide bonds. The van der Waals surface area contributed by atoms with Gasteiger partial charge in [-0.05, 0) is 55.7 Å². The van der Waals surface area contributed by atoms with Crippen LogP contribution in [0.4, 0.5) is 0 Å². The van der Waals surface area contributed by atoms with Crippen LogP contribution in [0, 0.1) is 6.92 Å². The van der Waals surface area contributed by atoms with Crippen LogP contribution in [-0.2, 0) is 4.79 Å². The molecule has 25 heavy (non-hydrogen) atoms. The van der Waals surface area contributed by atoms with Crippen molar-refractivity contribution in [1.29, 1.82) is 0 Å². The molecule has 0 aromatic carbocycles. The normalized spacial score (nSPS) is 29.5. The molecule has 5 rings (SSSR count). The van der Waals surface area contributed by atoms with Crippen molar-refractivity contribution in [3.8, 4) is 0 Å². The van der Waals surface area contributed by atoms with E-state index >= 15 is 0 Å². The minimum Gasteiger partial charge on any atom is -0.390 e. The number of H-pyrrole nitrogens is 1. The van der Waals surface area contributed by atoms with Crippen molar-refractivity contribution in [3.63, 3.8) is 0 Å². The summed E-state index contributed by atoms with van der Waals surface area (Å²) >= 11 is 0. The molecule has 3 fully saturated rings. The number of pyridine rings is 1. The molecule has 0 radical (unpaired) electrons. The van der Waals surface area contributed by atoms with Crippen LogP contribution in [-0.4, -0.2) is 43.6 Å². The summed E-state index contributed by atoms with van der Waals surface area (Å²) in [5.74, 6) is 0.365. The van der Waals surface area contributed by atoms with Gasteiger partial charge in [0.15, 0.2) is 0 Å². The molecule has 2 N–H and O–H groups in total. The maximum atomic E-state index is 13.1. The quantitative estimate of drug-likeness (QED) is 0.897. The molecular weight excluding hydrogens is 314 g/mol. The second-order valence-corrected chi connectivity index (χ2v) is 8.05. The van der Waals surface area contributed by atoms with Gasteiger partial charge in [-0.3, -0.25) is 4.79 Å². The standard InChI is InChI=1S/C20H27N3O2/c1-4-14-8-20(25)9-15(10-20)23(14)17(24)7-13(3)16-11-22-19-18(16)12(2)5-6-21-19/h5-6,11,13-15,25H,4,7-10H2,1-3H3,(H,21,22). The smallest absolute Gasteiger partial charge is 0.223 e. The summed E-state index contributed by atoms with van der Waals surface area (Å²) in [6.45, 7) is 6.31. The number of aliphatic hydroxyl groups is 1. The van der Waals surface area contributed by atoms with Crippen LogP contribution >= 0.6 is 0 Å². The fourth-order valence-corrected chi connectivity index (χ4v) is 4.88. The third-order valence-electron chi connectivity index (χ3n) is 6.22. The van der Waals surface area contributed by atoms with E-state index in [2.05, 4.69) is 35.6 Å². The number of hydrogen-bond donors (Lipinski definition) is 2. The van der Waals surface area contributed by atoms with Gasteiger partial charge in [0, 0.05) is 36.3 Å². The highest BCUT2D eigenvalue weighted by molar-refractivity contribution is 5.85. The number of nitrogens with zero attached hydrogens (tertiary/aromatic N) is 2. The third-order valence-corrected chi connectivity index (χ3v) is 6.22. The summed E-state index contributed by atoms with van der Waals surface area (Å²) in [5, 5.41) is 11.5. The molecule has 4 heterocycles. The summed E-state index contributed by atoms with van der Waals surface area (Å²) in [7, 11) is 0. The van der Waals surface area contributed by atoms with Crippen LogP contribution in [0.5, 0.6) is 0 Å². The molecule has 2 unspecified atom stereocenters. The Morgan fingerprint density at radius 1 is 1.48 bits per heavy atom. The second kappa shape index (κ2) is 5.84. The highest BCUT2D eigenvalue weighted by Crippen LogP contribution is 2.47. The largest absolute Gasteiger partial charge is 0.390 e. The van der Waals surface area contributed by atoms with Gasteiger partial charge in [0.25, 0.3) is 0 Å². The number of aromatic nitrogens is 2. The van der Waals surface area contributed by atoms with Crippen LogP contribution in [0.15, 0.2) is 18.5 Å². The van der Waals surface area contributed by atoms with E-state index in [4.69, 9.17) is 0 Å². The number of piperidine rings is 2. The molecule has 2 bridgehead atoms. The highest BCUT2D eigenvalue weighted by Gasteiger charge is 2.54. The Hall–Kier alpha value is -1.88. The topological polar surface area (TPSA) is 69.2 Å². The number of hydrogen-bond acceptors (Lipinski definition) is 3. The van der Waals surface area contributed by atoms with E-state index in [0.717, 1.165) is 36.7 Å². The number of carbonyl (C=O) groups excluding carboxylic acids is 1. The van der Waals surface area contributed by atoms with E-state index in [1.165, 1.54) is 11.1 Å². The average molecular weight is 341 g/mol. The van der Waals surface area contributed by atoms with Crippen LogP contribution in [0.2, 0.25) is 0 Å². The van der Waals surface area contributed by atoms with E-state index in [0.29, 0.717) is 6.42 Å². The number of rotatable bonds is 4. The van der Waals surface area contributed by atoms with E-state index < -0.39 is 5.60 Å². The molecule has 0 spiro atoms. The molecule has 2 aromatic heterocycles. The van der Waals surface area contributed by atoms with Crippen LogP contribution in [0.1, 0.15) is 63.0 Å². The predicted octanol–water partition coefficient (Wildman–Crippen LogP) is 3.27. The van der Waals surface area contributed by atoms with Crippen molar-refractivity contribution in [2.75, 3.05) is 0 Å². The van der Waals surface area contributed by atoms with E-state index in [-0.39, 0.29) is 23.9 Å². The Morgan fingerprint density at radius 3 is 2.96 bits per heavy atom. The summed E-state index contributed by atoms with van der Waals surface area (Å²) in [6, 6.07) is 2.43. The van der Waals surface area contributed by atoms with E-state index in [1.807, 2.05) is 18.5 Å². The average Bonchev–Trinajstić information content (AvgIpc) is 2.98. The van der Waals surface area contributed by atoms with Gasteiger partial charge in [-0.2, -0.15) is 0 Å². The number of aryl methyl sites for hydroxylation is 1. The minimum absolute atomic E-state index is 0.141. The summed E-state index contributed by atoms with van der Waals surface area (Å²) in [5.41, 5.74) is 2.74. The van der Waals surface area contributed by atoms with Crippen LogP contribution in [0.25, 0.3) is 11.0 Å². The fraction of sp³-hybridized carbons (Fsp3) is 0.600. The number of nitrogens with one attached hydrogen (secondary N) is 1. The van der Waals surface area contributed by atoms with Crippen molar-refractivity contribution in [2.24, 2.45) is 0 Å². The maximum absolute atomic E-state index is 13.1. The SMILES string of the molecule is CCC1CC2(O)CC(C2)N1C(=O)CC(C)c1c[nH]c2nccc(C)c12. The van der Waals surface area contributed by atoms with Crippen LogP contribution in [0.3, 0.4) is 0 Å². The van der Waals surface area contributed by atoms with Crippen LogP contribution < -0.4 is 0 Å². The lowest BCUT2D eigenvalue weighted by Crippen LogP contribution is -2.67. The molecule has 134 valence electrons. The first kappa shape index (κ1) is 16.6. The highest BCUT2D eigenvalue weighted by atomic mass is 16.3. The van der Waals surface area contributed by atoms with Crippen molar-refractivity contribution in [1.82, 2.24) is 14.9 Å². The third kappa shape index (κ3) is 2.65. The second-order valence-electron chi connectivity index (χ2n) is 8.05. The van der Waals surface area contributed by atoms with Gasteiger partial charge < -0.3 is 15.0 Å². The zero-order valence-corrected chi connectivity index (χ0v) is 15.2. The molecule has 5 nitrogen and oxygen atoms in total. The minimum atomic E-state index is -0.507. The monoisotopic (exact) mass is 341 g/mol. The molecule has 1 saturated carbocycles. The lowest BCUT2D eigenvalue weighted by atomic mass is 9.66. The number of amides is 1. The van der Waals surface area contributed by atoms with Crippen molar-refractivity contribution >= 4 is 16.9 Å². The van der Waals surface area contributed by atoms with Crippen molar-refractivity contribution < 1.29 is 9.90 Å². The summed E-state index contributed by atoms with van der Waals surface area (Å²) in [4.78, 5) is 22.8. The van der Waals surface area contributed by atoms with Gasteiger partial charge in [-0.15, -0.1) is 0 Å².